The van der Waals surface area contributed by atoms with Crippen LogP contribution in [0.25, 0.3) is 0 Å². The highest BCUT2D eigenvalue weighted by molar-refractivity contribution is 7.99. The number of hydrogen-bond acceptors (Lipinski definition) is 2. The molecule has 0 unspecified atom stereocenters. The van der Waals surface area contributed by atoms with E-state index in [-0.39, 0.29) is 0 Å². The molecule has 1 heterocycles. The van der Waals surface area contributed by atoms with Gasteiger partial charge in [0.05, 0.1) is 11.4 Å². The van der Waals surface area contributed by atoms with Crippen LogP contribution in [-0.4, -0.2) is 6.54 Å². The number of unbranched alkanes of at least 4 members (excludes halogenated alkanes) is 11. The van der Waals surface area contributed by atoms with Crippen molar-refractivity contribution in [3.8, 4) is 0 Å². The van der Waals surface area contributed by atoms with Gasteiger partial charge in [0.1, 0.15) is 0 Å². The van der Waals surface area contributed by atoms with E-state index in [2.05, 4.69) is 60.4 Å². The lowest BCUT2D eigenvalue weighted by molar-refractivity contribution is 0.544. The predicted molar refractivity (Wildman–Crippen MR) is 125 cm³/mol. The van der Waals surface area contributed by atoms with Gasteiger partial charge in [0.25, 0.3) is 0 Å². The van der Waals surface area contributed by atoms with Crippen LogP contribution < -0.4 is 4.90 Å². The highest BCUT2D eigenvalue weighted by atomic mass is 32.2. The molecule has 2 aromatic rings. The highest BCUT2D eigenvalue weighted by Gasteiger charge is 2.21. The van der Waals surface area contributed by atoms with E-state index in [0.29, 0.717) is 0 Å². The van der Waals surface area contributed by atoms with Gasteiger partial charge in [0.15, 0.2) is 0 Å². The van der Waals surface area contributed by atoms with Crippen LogP contribution >= 0.6 is 11.8 Å². The topological polar surface area (TPSA) is 3.24 Å². The van der Waals surface area contributed by atoms with E-state index >= 15 is 0 Å². The molecule has 2 aromatic carbocycles. The maximum Gasteiger partial charge on any atom is 0.0552 e. The second-order valence-corrected chi connectivity index (χ2v) is 9.16. The number of rotatable bonds is 13. The molecule has 0 radical (unpaired) electrons. The molecule has 0 bridgehead atoms. The summed E-state index contributed by atoms with van der Waals surface area (Å²) in [5.41, 5.74) is 2.77. The minimum absolute atomic E-state index is 1.13. The number of nitrogens with zero attached hydrogens (tertiary/aromatic N) is 1. The molecule has 1 aliphatic heterocycles. The summed E-state index contributed by atoms with van der Waals surface area (Å²) in [6.07, 6.45) is 16.9. The van der Waals surface area contributed by atoms with Gasteiger partial charge in [-0.25, -0.2) is 0 Å². The first-order valence-corrected chi connectivity index (χ1v) is 12.3. The van der Waals surface area contributed by atoms with Crippen LogP contribution in [0, 0.1) is 0 Å². The summed E-state index contributed by atoms with van der Waals surface area (Å²) in [5, 5.41) is 0. The van der Waals surface area contributed by atoms with Crippen molar-refractivity contribution in [3.63, 3.8) is 0 Å². The third-order valence-electron chi connectivity index (χ3n) is 5.77. The molecule has 0 atom stereocenters. The molecular weight excluding hydrogens is 358 g/mol. The second kappa shape index (κ2) is 12.2. The summed E-state index contributed by atoms with van der Waals surface area (Å²) in [6.45, 7) is 3.42. The quantitative estimate of drug-likeness (QED) is 0.311. The van der Waals surface area contributed by atoms with Crippen LogP contribution in [0.1, 0.15) is 84.0 Å². The van der Waals surface area contributed by atoms with Crippen LogP contribution in [0.5, 0.6) is 0 Å². The molecule has 0 saturated heterocycles. The van der Waals surface area contributed by atoms with E-state index in [1.807, 2.05) is 11.8 Å². The lowest BCUT2D eigenvalue weighted by Crippen LogP contribution is -2.21. The highest BCUT2D eigenvalue weighted by Crippen LogP contribution is 2.47. The molecule has 0 aliphatic carbocycles. The Kier molecular flexibility index (Phi) is 9.29. The number of para-hydroxylation sites is 2. The Morgan fingerprint density at radius 3 is 1.50 bits per heavy atom. The van der Waals surface area contributed by atoms with Gasteiger partial charge in [-0.15, -0.1) is 0 Å². The van der Waals surface area contributed by atoms with Crippen LogP contribution in [0.3, 0.4) is 0 Å². The average Bonchev–Trinajstić information content (AvgIpc) is 2.73. The van der Waals surface area contributed by atoms with Crippen molar-refractivity contribution < 1.29 is 0 Å². The molecule has 0 fully saturated rings. The van der Waals surface area contributed by atoms with Crippen molar-refractivity contribution in [2.75, 3.05) is 11.4 Å². The molecule has 28 heavy (non-hydrogen) atoms. The summed E-state index contributed by atoms with van der Waals surface area (Å²) in [6, 6.07) is 17.7. The first-order chi connectivity index (χ1) is 13.9. The molecular formula is C26H37NS. The minimum Gasteiger partial charge on any atom is -0.340 e. The van der Waals surface area contributed by atoms with Gasteiger partial charge in [-0.3, -0.25) is 0 Å². The van der Waals surface area contributed by atoms with Crippen molar-refractivity contribution >= 4 is 23.1 Å². The van der Waals surface area contributed by atoms with Crippen LogP contribution in [0.4, 0.5) is 11.4 Å². The normalized spacial score (nSPS) is 12.7. The molecule has 2 heteroatoms. The first-order valence-electron chi connectivity index (χ1n) is 11.5. The summed E-state index contributed by atoms with van der Waals surface area (Å²) >= 11 is 1.91. The molecule has 0 spiro atoms. The van der Waals surface area contributed by atoms with Gasteiger partial charge in [0, 0.05) is 16.3 Å². The van der Waals surface area contributed by atoms with E-state index in [0.717, 1.165) is 6.54 Å². The van der Waals surface area contributed by atoms with E-state index in [4.69, 9.17) is 0 Å². The maximum absolute atomic E-state index is 2.54. The summed E-state index contributed by atoms with van der Waals surface area (Å²) in [4.78, 5) is 5.32. The van der Waals surface area contributed by atoms with Crippen LogP contribution in [0.2, 0.25) is 0 Å². The molecule has 0 aromatic heterocycles. The maximum atomic E-state index is 2.54. The Labute approximate surface area is 176 Å². The molecule has 152 valence electrons. The smallest absolute Gasteiger partial charge is 0.0552 e. The second-order valence-electron chi connectivity index (χ2n) is 8.08. The largest absolute Gasteiger partial charge is 0.340 e. The summed E-state index contributed by atoms with van der Waals surface area (Å²) in [5.74, 6) is 0. The Bertz CT molecular complexity index is 651. The Morgan fingerprint density at radius 2 is 1.00 bits per heavy atom. The lowest BCUT2D eigenvalue weighted by atomic mass is 10.1. The van der Waals surface area contributed by atoms with Gasteiger partial charge in [0.2, 0.25) is 0 Å². The molecule has 0 amide bonds. The SMILES string of the molecule is CCCCCCCCCCCCCCN1c2ccccc2Sc2ccccc21. The van der Waals surface area contributed by atoms with Gasteiger partial charge >= 0.3 is 0 Å². The number of anilines is 2. The minimum atomic E-state index is 1.13. The lowest BCUT2D eigenvalue weighted by Gasteiger charge is -2.32. The van der Waals surface area contributed by atoms with E-state index < -0.39 is 0 Å². The van der Waals surface area contributed by atoms with Crippen molar-refractivity contribution in [1.29, 1.82) is 0 Å². The van der Waals surface area contributed by atoms with Gasteiger partial charge in [-0.2, -0.15) is 0 Å². The predicted octanol–water partition coefficient (Wildman–Crippen LogP) is 8.99. The summed E-state index contributed by atoms with van der Waals surface area (Å²) in [7, 11) is 0. The first kappa shape index (κ1) is 21.3. The van der Waals surface area contributed by atoms with E-state index in [1.165, 1.54) is 98.2 Å². The number of hydrogen-bond donors (Lipinski definition) is 0. The average molecular weight is 396 g/mol. The van der Waals surface area contributed by atoms with Crippen molar-refractivity contribution in [1.82, 2.24) is 0 Å². The fraction of sp³-hybridized carbons (Fsp3) is 0.538. The fourth-order valence-electron chi connectivity index (χ4n) is 4.13. The number of benzene rings is 2. The molecule has 1 nitrogen and oxygen atoms in total. The zero-order chi connectivity index (χ0) is 19.4. The van der Waals surface area contributed by atoms with Crippen molar-refractivity contribution in [3.05, 3.63) is 48.5 Å². The third-order valence-corrected chi connectivity index (χ3v) is 6.90. The van der Waals surface area contributed by atoms with Crippen LogP contribution in [-0.2, 0) is 0 Å². The van der Waals surface area contributed by atoms with E-state index in [9.17, 15) is 0 Å². The Hall–Kier alpha value is -1.41. The van der Waals surface area contributed by atoms with Crippen LogP contribution in [0.15, 0.2) is 58.3 Å². The third kappa shape index (κ3) is 6.30. The summed E-state index contributed by atoms with van der Waals surface area (Å²) < 4.78 is 0. The zero-order valence-electron chi connectivity index (χ0n) is 17.7. The Morgan fingerprint density at radius 1 is 0.571 bits per heavy atom. The molecule has 0 saturated carbocycles. The fourth-order valence-corrected chi connectivity index (χ4v) is 5.23. The Balaban J connectivity index is 1.34. The van der Waals surface area contributed by atoms with Gasteiger partial charge < -0.3 is 4.90 Å². The number of fused-ring (bicyclic) bond motifs is 2. The van der Waals surface area contributed by atoms with Crippen molar-refractivity contribution in [2.24, 2.45) is 0 Å². The molecule has 0 N–H and O–H groups in total. The van der Waals surface area contributed by atoms with Gasteiger partial charge in [-0.05, 0) is 30.7 Å². The molecule has 1 aliphatic rings. The van der Waals surface area contributed by atoms with Gasteiger partial charge in [-0.1, -0.05) is 114 Å². The van der Waals surface area contributed by atoms with Crippen molar-refractivity contribution in [2.45, 2.75) is 93.8 Å². The van der Waals surface area contributed by atoms with E-state index in [1.54, 1.807) is 0 Å². The zero-order valence-corrected chi connectivity index (χ0v) is 18.5. The standard InChI is InChI=1S/C26H37NS/c1-2-3-4-5-6-7-8-9-10-11-12-17-22-27-23-18-13-15-20-25(23)28-26-21-16-14-19-24(26)27/h13-16,18-21H,2-12,17,22H2,1H3. The monoisotopic (exact) mass is 395 g/mol. The molecule has 3 rings (SSSR count).